The zero-order valence-corrected chi connectivity index (χ0v) is 13.1. The van der Waals surface area contributed by atoms with E-state index in [1.807, 2.05) is 19.1 Å². The molecule has 0 aromatic heterocycles. The Bertz CT molecular complexity index is 698. The summed E-state index contributed by atoms with van der Waals surface area (Å²) in [6, 6.07) is 11.8. The molecule has 0 bridgehead atoms. The Hall–Kier alpha value is -2.34. The third kappa shape index (κ3) is 3.65. The summed E-state index contributed by atoms with van der Waals surface area (Å²) >= 11 is 1.51. The van der Waals surface area contributed by atoms with Crippen molar-refractivity contribution in [1.29, 1.82) is 0 Å². The summed E-state index contributed by atoms with van der Waals surface area (Å²) in [5.74, 6) is -0.360. The largest absolute Gasteiger partial charge is 0.465 e. The SMILES string of the molecule is CCc1cc(C(=O)OC)ccc1Sc1ccc([N+](=O)[O-])cc1. The smallest absolute Gasteiger partial charge is 0.337 e. The summed E-state index contributed by atoms with van der Waals surface area (Å²) in [4.78, 5) is 23.7. The second kappa shape index (κ2) is 7.09. The zero-order valence-electron chi connectivity index (χ0n) is 12.2. The number of non-ortho nitro benzene ring substituents is 1. The zero-order chi connectivity index (χ0) is 16.1. The fourth-order valence-electron chi connectivity index (χ4n) is 1.96. The number of nitro groups is 1. The van der Waals surface area contributed by atoms with Gasteiger partial charge < -0.3 is 4.74 Å². The number of methoxy groups -OCH3 is 1. The van der Waals surface area contributed by atoms with Crippen molar-refractivity contribution in [1.82, 2.24) is 0 Å². The van der Waals surface area contributed by atoms with Crippen molar-refractivity contribution in [2.24, 2.45) is 0 Å². The third-order valence-corrected chi connectivity index (χ3v) is 4.26. The van der Waals surface area contributed by atoms with Crippen molar-refractivity contribution >= 4 is 23.4 Å². The van der Waals surface area contributed by atoms with Gasteiger partial charge in [0, 0.05) is 21.9 Å². The number of esters is 1. The minimum atomic E-state index is -0.420. The quantitative estimate of drug-likeness (QED) is 0.472. The topological polar surface area (TPSA) is 69.4 Å². The highest BCUT2D eigenvalue weighted by Crippen LogP contribution is 2.32. The maximum absolute atomic E-state index is 11.6. The van der Waals surface area contributed by atoms with Gasteiger partial charge in [-0.25, -0.2) is 4.79 Å². The number of benzene rings is 2. The number of carbonyl (C=O) groups is 1. The Morgan fingerprint density at radius 1 is 1.23 bits per heavy atom. The maximum Gasteiger partial charge on any atom is 0.337 e. The number of carbonyl (C=O) groups excluding carboxylic acids is 1. The standard InChI is InChI=1S/C16H15NO4S/c1-3-11-10-12(16(18)21-2)4-9-15(11)22-14-7-5-13(6-8-14)17(19)20/h4-10H,3H2,1-2H3. The molecule has 5 nitrogen and oxygen atoms in total. The normalized spacial score (nSPS) is 10.3. The number of rotatable bonds is 5. The van der Waals surface area contributed by atoms with E-state index in [4.69, 9.17) is 4.74 Å². The van der Waals surface area contributed by atoms with Gasteiger partial charge in [0.15, 0.2) is 0 Å². The number of ether oxygens (including phenoxy) is 1. The van der Waals surface area contributed by atoms with Gasteiger partial charge in [-0.15, -0.1) is 0 Å². The van der Waals surface area contributed by atoms with Crippen LogP contribution in [0.25, 0.3) is 0 Å². The Balaban J connectivity index is 2.25. The molecule has 0 spiro atoms. The first-order chi connectivity index (χ1) is 10.5. The van der Waals surface area contributed by atoms with Crippen molar-refractivity contribution in [2.45, 2.75) is 23.1 Å². The molecule has 2 aromatic carbocycles. The molecule has 0 aliphatic heterocycles. The van der Waals surface area contributed by atoms with E-state index in [0.717, 1.165) is 21.8 Å². The fourth-order valence-corrected chi connectivity index (χ4v) is 2.96. The molecular weight excluding hydrogens is 302 g/mol. The van der Waals surface area contributed by atoms with Gasteiger partial charge in [-0.1, -0.05) is 18.7 Å². The van der Waals surface area contributed by atoms with Crippen LogP contribution in [0.1, 0.15) is 22.8 Å². The molecule has 0 saturated heterocycles. The lowest BCUT2D eigenvalue weighted by Crippen LogP contribution is -2.02. The van der Waals surface area contributed by atoms with Crippen LogP contribution in [-0.2, 0) is 11.2 Å². The van der Waals surface area contributed by atoms with Crippen LogP contribution in [0, 0.1) is 10.1 Å². The van der Waals surface area contributed by atoms with Crippen molar-refractivity contribution in [3.63, 3.8) is 0 Å². The summed E-state index contributed by atoms with van der Waals surface area (Å²) in [5.41, 5.74) is 1.62. The molecule has 0 aliphatic rings. The lowest BCUT2D eigenvalue weighted by Gasteiger charge is -2.09. The molecule has 0 fully saturated rings. The first kappa shape index (κ1) is 16.0. The first-order valence-corrected chi connectivity index (χ1v) is 7.50. The molecular formula is C16H15NO4S. The molecule has 6 heteroatoms. The number of hydrogen-bond acceptors (Lipinski definition) is 5. The molecule has 0 amide bonds. The highest BCUT2D eigenvalue weighted by Gasteiger charge is 2.11. The summed E-state index contributed by atoms with van der Waals surface area (Å²) < 4.78 is 4.72. The van der Waals surface area contributed by atoms with E-state index in [2.05, 4.69) is 0 Å². The van der Waals surface area contributed by atoms with Crippen LogP contribution < -0.4 is 0 Å². The molecule has 0 saturated carbocycles. The highest BCUT2D eigenvalue weighted by atomic mass is 32.2. The second-order valence-corrected chi connectivity index (χ2v) is 5.64. The van der Waals surface area contributed by atoms with Crippen molar-refractivity contribution in [3.8, 4) is 0 Å². The van der Waals surface area contributed by atoms with E-state index >= 15 is 0 Å². The van der Waals surface area contributed by atoms with E-state index in [9.17, 15) is 14.9 Å². The van der Waals surface area contributed by atoms with E-state index in [1.165, 1.54) is 31.0 Å². The molecule has 0 heterocycles. The number of hydrogen-bond donors (Lipinski definition) is 0. The van der Waals surface area contributed by atoms with E-state index in [-0.39, 0.29) is 11.7 Å². The van der Waals surface area contributed by atoms with Crippen LogP contribution in [0.4, 0.5) is 5.69 Å². The van der Waals surface area contributed by atoms with Gasteiger partial charge in [0.1, 0.15) is 0 Å². The predicted molar refractivity (Wildman–Crippen MR) is 84.4 cm³/mol. The first-order valence-electron chi connectivity index (χ1n) is 6.68. The molecule has 0 unspecified atom stereocenters. The molecule has 22 heavy (non-hydrogen) atoms. The van der Waals surface area contributed by atoms with E-state index in [1.54, 1.807) is 18.2 Å². The van der Waals surface area contributed by atoms with Gasteiger partial charge in [0.2, 0.25) is 0 Å². The van der Waals surface area contributed by atoms with E-state index in [0.29, 0.717) is 5.56 Å². The van der Waals surface area contributed by atoms with Gasteiger partial charge in [0.05, 0.1) is 17.6 Å². The number of nitro benzene ring substituents is 1. The Morgan fingerprint density at radius 2 is 1.91 bits per heavy atom. The number of aryl methyl sites for hydroxylation is 1. The van der Waals surface area contributed by atoms with Crippen molar-refractivity contribution < 1.29 is 14.5 Å². The second-order valence-electron chi connectivity index (χ2n) is 4.52. The Kier molecular flexibility index (Phi) is 5.16. The molecule has 2 aromatic rings. The van der Waals surface area contributed by atoms with Gasteiger partial charge in [-0.05, 0) is 42.3 Å². The maximum atomic E-state index is 11.6. The summed E-state index contributed by atoms with van der Waals surface area (Å²) in [5, 5.41) is 10.7. The molecule has 114 valence electrons. The van der Waals surface area contributed by atoms with Crippen LogP contribution >= 0.6 is 11.8 Å². The molecule has 0 N–H and O–H groups in total. The highest BCUT2D eigenvalue weighted by molar-refractivity contribution is 7.99. The van der Waals surface area contributed by atoms with Crippen molar-refractivity contribution in [3.05, 3.63) is 63.7 Å². The van der Waals surface area contributed by atoms with Gasteiger partial charge in [0.25, 0.3) is 5.69 Å². The van der Waals surface area contributed by atoms with Crippen LogP contribution in [0.15, 0.2) is 52.3 Å². The monoisotopic (exact) mass is 317 g/mol. The summed E-state index contributed by atoms with van der Waals surface area (Å²) in [7, 11) is 1.35. The fraction of sp³-hybridized carbons (Fsp3) is 0.188. The average Bonchev–Trinajstić information content (AvgIpc) is 2.55. The minimum absolute atomic E-state index is 0.0705. The predicted octanol–water partition coefficient (Wildman–Crippen LogP) is 4.10. The van der Waals surface area contributed by atoms with Crippen LogP contribution in [-0.4, -0.2) is 18.0 Å². The molecule has 2 rings (SSSR count). The van der Waals surface area contributed by atoms with Gasteiger partial charge in [-0.2, -0.15) is 0 Å². The number of nitrogens with zero attached hydrogens (tertiary/aromatic N) is 1. The lowest BCUT2D eigenvalue weighted by molar-refractivity contribution is -0.384. The third-order valence-electron chi connectivity index (χ3n) is 3.14. The molecule has 0 aliphatic carbocycles. The Morgan fingerprint density at radius 3 is 2.45 bits per heavy atom. The summed E-state index contributed by atoms with van der Waals surface area (Å²) in [6.07, 6.45) is 0.778. The van der Waals surface area contributed by atoms with Crippen LogP contribution in [0.2, 0.25) is 0 Å². The van der Waals surface area contributed by atoms with Crippen LogP contribution in [0.5, 0.6) is 0 Å². The van der Waals surface area contributed by atoms with Gasteiger partial charge in [-0.3, -0.25) is 10.1 Å². The molecule has 0 radical (unpaired) electrons. The van der Waals surface area contributed by atoms with Crippen molar-refractivity contribution in [2.75, 3.05) is 7.11 Å². The van der Waals surface area contributed by atoms with E-state index < -0.39 is 4.92 Å². The minimum Gasteiger partial charge on any atom is -0.465 e. The summed E-state index contributed by atoms with van der Waals surface area (Å²) in [6.45, 7) is 2.01. The van der Waals surface area contributed by atoms with Gasteiger partial charge >= 0.3 is 5.97 Å². The lowest BCUT2D eigenvalue weighted by atomic mass is 10.1. The van der Waals surface area contributed by atoms with Crippen LogP contribution in [0.3, 0.4) is 0 Å². The molecule has 0 atom stereocenters. The average molecular weight is 317 g/mol. The Labute approximate surface area is 132 Å².